The number of anilines is 1. The molecule has 2 aromatic rings. The molecule has 2 aromatic carbocycles. The van der Waals surface area contributed by atoms with Crippen LogP contribution in [0.25, 0.3) is 0 Å². The van der Waals surface area contributed by atoms with Crippen molar-refractivity contribution in [3.63, 3.8) is 0 Å². The van der Waals surface area contributed by atoms with E-state index in [1.165, 1.54) is 4.90 Å². The number of methoxy groups -OCH3 is 1. The normalized spacial score (nSPS) is 13.6. The molecular weight excluding hydrogens is 254 g/mol. The molecule has 2 amide bonds. The fourth-order valence-electron chi connectivity index (χ4n) is 2.37. The minimum Gasteiger partial charge on any atom is -0.497 e. The zero-order chi connectivity index (χ0) is 14.3. The molecule has 4 heteroatoms. The molecule has 0 spiro atoms. The molecule has 1 aliphatic heterocycles. The first-order valence-corrected chi connectivity index (χ1v) is 6.26. The number of imide groups is 1. The molecule has 1 aliphatic rings. The van der Waals surface area contributed by atoms with Crippen LogP contribution in [0.2, 0.25) is 0 Å². The van der Waals surface area contributed by atoms with Crippen molar-refractivity contribution in [2.45, 2.75) is 6.92 Å². The Bertz CT molecular complexity index is 686. The zero-order valence-electron chi connectivity index (χ0n) is 11.2. The molecule has 0 N–H and O–H groups in total. The summed E-state index contributed by atoms with van der Waals surface area (Å²) in [6, 6.07) is 12.2. The first-order chi connectivity index (χ1) is 9.63. The highest BCUT2D eigenvalue weighted by Gasteiger charge is 2.37. The van der Waals surface area contributed by atoms with E-state index in [4.69, 9.17) is 4.74 Å². The predicted octanol–water partition coefficient (Wildman–Crippen LogP) is 2.80. The van der Waals surface area contributed by atoms with Gasteiger partial charge in [0.1, 0.15) is 5.75 Å². The van der Waals surface area contributed by atoms with Crippen molar-refractivity contribution in [2.24, 2.45) is 0 Å². The van der Waals surface area contributed by atoms with Crippen molar-refractivity contribution in [2.75, 3.05) is 12.0 Å². The van der Waals surface area contributed by atoms with Gasteiger partial charge in [-0.15, -0.1) is 0 Å². The van der Waals surface area contributed by atoms with Gasteiger partial charge in [0.15, 0.2) is 0 Å². The van der Waals surface area contributed by atoms with Gasteiger partial charge in [0, 0.05) is 6.07 Å². The highest BCUT2D eigenvalue weighted by atomic mass is 16.5. The standard InChI is InChI=1S/C16H13NO3/c1-10-7-8-11(20-2)9-14(10)17-15(18)12-5-3-4-6-13(12)16(17)19/h3-9H,1-2H3. The molecule has 0 saturated carbocycles. The van der Waals surface area contributed by atoms with Gasteiger partial charge in [-0.25, -0.2) is 4.90 Å². The van der Waals surface area contributed by atoms with Crippen LogP contribution < -0.4 is 9.64 Å². The highest BCUT2D eigenvalue weighted by Crippen LogP contribution is 2.32. The molecule has 4 nitrogen and oxygen atoms in total. The van der Waals surface area contributed by atoms with Crippen molar-refractivity contribution < 1.29 is 14.3 Å². The van der Waals surface area contributed by atoms with Gasteiger partial charge in [-0.1, -0.05) is 18.2 Å². The van der Waals surface area contributed by atoms with E-state index >= 15 is 0 Å². The molecule has 0 unspecified atom stereocenters. The number of hydrogen-bond donors (Lipinski definition) is 0. The first-order valence-electron chi connectivity index (χ1n) is 6.26. The maximum absolute atomic E-state index is 12.4. The number of hydrogen-bond acceptors (Lipinski definition) is 3. The van der Waals surface area contributed by atoms with E-state index in [1.54, 1.807) is 43.5 Å². The minimum atomic E-state index is -0.290. The lowest BCUT2D eigenvalue weighted by Gasteiger charge is -2.17. The van der Waals surface area contributed by atoms with E-state index < -0.39 is 0 Å². The molecule has 20 heavy (non-hydrogen) atoms. The molecule has 0 aromatic heterocycles. The number of fused-ring (bicyclic) bond motifs is 1. The maximum atomic E-state index is 12.4. The summed E-state index contributed by atoms with van der Waals surface area (Å²) >= 11 is 0. The summed E-state index contributed by atoms with van der Waals surface area (Å²) < 4.78 is 5.17. The molecule has 1 heterocycles. The number of rotatable bonds is 2. The van der Waals surface area contributed by atoms with Gasteiger partial charge in [-0.3, -0.25) is 9.59 Å². The summed E-state index contributed by atoms with van der Waals surface area (Å²) in [5.41, 5.74) is 2.30. The number of ether oxygens (including phenoxy) is 1. The lowest BCUT2D eigenvalue weighted by Crippen LogP contribution is -2.30. The Morgan fingerprint density at radius 3 is 2.10 bits per heavy atom. The van der Waals surface area contributed by atoms with Gasteiger partial charge in [0.25, 0.3) is 11.8 Å². The summed E-state index contributed by atoms with van der Waals surface area (Å²) in [5, 5.41) is 0. The molecule has 0 atom stereocenters. The number of carbonyl (C=O) groups excluding carboxylic acids is 2. The molecule has 0 bridgehead atoms. The third-order valence-corrected chi connectivity index (χ3v) is 3.45. The topological polar surface area (TPSA) is 46.6 Å². The van der Waals surface area contributed by atoms with Crippen LogP contribution in [0, 0.1) is 6.92 Å². The van der Waals surface area contributed by atoms with Gasteiger partial charge in [-0.05, 0) is 30.7 Å². The van der Waals surface area contributed by atoms with E-state index in [2.05, 4.69) is 0 Å². The Morgan fingerprint density at radius 1 is 0.950 bits per heavy atom. The Balaban J connectivity index is 2.14. The number of nitrogens with zero attached hydrogens (tertiary/aromatic N) is 1. The second kappa shape index (κ2) is 4.49. The van der Waals surface area contributed by atoms with Crippen LogP contribution in [0.15, 0.2) is 42.5 Å². The quantitative estimate of drug-likeness (QED) is 0.786. The van der Waals surface area contributed by atoms with Crippen molar-refractivity contribution in [1.29, 1.82) is 0 Å². The second-order valence-electron chi connectivity index (χ2n) is 4.64. The SMILES string of the molecule is COc1ccc(C)c(N2C(=O)c3ccccc3C2=O)c1. The largest absolute Gasteiger partial charge is 0.497 e. The minimum absolute atomic E-state index is 0.290. The average molecular weight is 267 g/mol. The predicted molar refractivity (Wildman–Crippen MR) is 75.3 cm³/mol. The van der Waals surface area contributed by atoms with Crippen molar-refractivity contribution >= 4 is 17.5 Å². The Labute approximate surface area is 116 Å². The maximum Gasteiger partial charge on any atom is 0.266 e. The summed E-state index contributed by atoms with van der Waals surface area (Å²) in [4.78, 5) is 26.1. The Morgan fingerprint density at radius 2 is 1.55 bits per heavy atom. The average Bonchev–Trinajstić information content (AvgIpc) is 2.72. The van der Waals surface area contributed by atoms with Crippen LogP contribution >= 0.6 is 0 Å². The van der Waals surface area contributed by atoms with Crippen LogP contribution in [0.4, 0.5) is 5.69 Å². The molecule has 100 valence electrons. The summed E-state index contributed by atoms with van der Waals surface area (Å²) in [7, 11) is 1.55. The number of carbonyl (C=O) groups is 2. The highest BCUT2D eigenvalue weighted by molar-refractivity contribution is 6.34. The van der Waals surface area contributed by atoms with Crippen LogP contribution in [-0.2, 0) is 0 Å². The van der Waals surface area contributed by atoms with Crippen LogP contribution in [0.1, 0.15) is 26.3 Å². The smallest absolute Gasteiger partial charge is 0.266 e. The first kappa shape index (κ1) is 12.4. The molecule has 0 saturated heterocycles. The van der Waals surface area contributed by atoms with Gasteiger partial charge in [0.2, 0.25) is 0 Å². The van der Waals surface area contributed by atoms with Gasteiger partial charge < -0.3 is 4.74 Å². The van der Waals surface area contributed by atoms with E-state index in [0.29, 0.717) is 22.6 Å². The van der Waals surface area contributed by atoms with Crippen molar-refractivity contribution in [3.8, 4) is 5.75 Å². The second-order valence-corrected chi connectivity index (χ2v) is 4.64. The number of benzene rings is 2. The fraction of sp³-hybridized carbons (Fsp3) is 0.125. The lowest BCUT2D eigenvalue weighted by atomic mass is 10.1. The Kier molecular flexibility index (Phi) is 2.79. The van der Waals surface area contributed by atoms with Crippen molar-refractivity contribution in [1.82, 2.24) is 0 Å². The summed E-state index contributed by atoms with van der Waals surface area (Å²) in [5.74, 6) is 0.0334. The van der Waals surface area contributed by atoms with Gasteiger partial charge >= 0.3 is 0 Å². The number of aryl methyl sites for hydroxylation is 1. The summed E-state index contributed by atoms with van der Waals surface area (Å²) in [6.45, 7) is 1.86. The molecule has 0 aliphatic carbocycles. The van der Waals surface area contributed by atoms with E-state index in [9.17, 15) is 9.59 Å². The summed E-state index contributed by atoms with van der Waals surface area (Å²) in [6.07, 6.45) is 0. The van der Waals surface area contributed by atoms with Crippen LogP contribution in [-0.4, -0.2) is 18.9 Å². The van der Waals surface area contributed by atoms with E-state index in [1.807, 2.05) is 13.0 Å². The van der Waals surface area contributed by atoms with Crippen molar-refractivity contribution in [3.05, 3.63) is 59.2 Å². The van der Waals surface area contributed by atoms with E-state index in [-0.39, 0.29) is 11.8 Å². The van der Waals surface area contributed by atoms with Gasteiger partial charge in [-0.2, -0.15) is 0 Å². The molecule has 3 rings (SSSR count). The molecular formula is C16H13NO3. The fourth-order valence-corrected chi connectivity index (χ4v) is 2.37. The van der Waals surface area contributed by atoms with Crippen LogP contribution in [0.3, 0.4) is 0 Å². The zero-order valence-corrected chi connectivity index (χ0v) is 11.2. The molecule has 0 fully saturated rings. The van der Waals surface area contributed by atoms with Gasteiger partial charge in [0.05, 0.1) is 23.9 Å². The van der Waals surface area contributed by atoms with Crippen LogP contribution in [0.5, 0.6) is 5.75 Å². The lowest BCUT2D eigenvalue weighted by molar-refractivity contribution is 0.0926. The monoisotopic (exact) mass is 267 g/mol. The number of amides is 2. The molecule has 0 radical (unpaired) electrons. The van der Waals surface area contributed by atoms with E-state index in [0.717, 1.165) is 5.56 Å². The Hall–Kier alpha value is -2.62. The third kappa shape index (κ3) is 1.69. The third-order valence-electron chi connectivity index (χ3n) is 3.45.